The molecule has 78 valence electrons. The van der Waals surface area contributed by atoms with Crippen molar-refractivity contribution >= 4 is 5.69 Å². The standard InChI is InChI=1S/C11H16FNO/c1-2-3-4-14-8-9-5-10(12)7-11(13)6-9/h5-7H,2-4,8,13H2,1H3. The molecule has 14 heavy (non-hydrogen) atoms. The van der Waals surface area contributed by atoms with E-state index >= 15 is 0 Å². The number of benzene rings is 1. The van der Waals surface area contributed by atoms with Gasteiger partial charge in [0, 0.05) is 12.3 Å². The summed E-state index contributed by atoms with van der Waals surface area (Å²) in [5.74, 6) is -0.306. The molecule has 0 aliphatic heterocycles. The number of hydrogen-bond acceptors (Lipinski definition) is 2. The van der Waals surface area contributed by atoms with Crippen LogP contribution in [0.4, 0.5) is 10.1 Å². The van der Waals surface area contributed by atoms with Gasteiger partial charge in [-0.3, -0.25) is 0 Å². The fraction of sp³-hybridized carbons (Fsp3) is 0.455. The summed E-state index contributed by atoms with van der Waals surface area (Å²) < 4.78 is 18.2. The van der Waals surface area contributed by atoms with Crippen LogP contribution < -0.4 is 5.73 Å². The topological polar surface area (TPSA) is 35.2 Å². The molecule has 0 aromatic heterocycles. The number of nitrogens with two attached hydrogens (primary N) is 1. The van der Waals surface area contributed by atoms with Crippen molar-refractivity contribution in [3.8, 4) is 0 Å². The third-order valence-corrected chi connectivity index (χ3v) is 1.89. The molecule has 0 amide bonds. The van der Waals surface area contributed by atoms with E-state index in [1.54, 1.807) is 6.07 Å². The smallest absolute Gasteiger partial charge is 0.125 e. The molecule has 0 saturated heterocycles. The Morgan fingerprint density at radius 3 is 2.79 bits per heavy atom. The molecule has 0 atom stereocenters. The summed E-state index contributed by atoms with van der Waals surface area (Å²) >= 11 is 0. The number of rotatable bonds is 5. The van der Waals surface area contributed by atoms with Gasteiger partial charge >= 0.3 is 0 Å². The number of ether oxygens (including phenoxy) is 1. The molecule has 0 spiro atoms. The third kappa shape index (κ3) is 3.75. The van der Waals surface area contributed by atoms with Crippen molar-refractivity contribution in [3.05, 3.63) is 29.6 Å². The van der Waals surface area contributed by atoms with Crippen molar-refractivity contribution in [2.24, 2.45) is 0 Å². The lowest BCUT2D eigenvalue weighted by molar-refractivity contribution is 0.118. The van der Waals surface area contributed by atoms with Crippen LogP contribution in [0.25, 0.3) is 0 Å². The Kier molecular flexibility index (Phi) is 4.40. The summed E-state index contributed by atoms with van der Waals surface area (Å²) in [4.78, 5) is 0. The predicted molar refractivity (Wildman–Crippen MR) is 55.4 cm³/mol. The average molecular weight is 197 g/mol. The minimum Gasteiger partial charge on any atom is -0.399 e. The minimum atomic E-state index is -0.306. The fourth-order valence-electron chi connectivity index (χ4n) is 1.20. The highest BCUT2D eigenvalue weighted by atomic mass is 19.1. The van der Waals surface area contributed by atoms with E-state index in [1.807, 2.05) is 0 Å². The maximum Gasteiger partial charge on any atom is 0.125 e. The molecule has 3 heteroatoms. The van der Waals surface area contributed by atoms with E-state index in [9.17, 15) is 4.39 Å². The SMILES string of the molecule is CCCCOCc1cc(N)cc(F)c1. The first kappa shape index (κ1) is 11.0. The Morgan fingerprint density at radius 1 is 1.36 bits per heavy atom. The van der Waals surface area contributed by atoms with Crippen LogP contribution in [0.1, 0.15) is 25.3 Å². The first-order valence-electron chi connectivity index (χ1n) is 4.85. The summed E-state index contributed by atoms with van der Waals surface area (Å²) in [6.07, 6.45) is 2.14. The predicted octanol–water partition coefficient (Wildman–Crippen LogP) is 2.72. The van der Waals surface area contributed by atoms with Gasteiger partial charge in [0.2, 0.25) is 0 Å². The lowest BCUT2D eigenvalue weighted by atomic mass is 10.2. The number of nitrogen functional groups attached to an aromatic ring is 1. The van der Waals surface area contributed by atoms with Crippen molar-refractivity contribution in [2.75, 3.05) is 12.3 Å². The molecule has 0 aliphatic carbocycles. The van der Waals surface area contributed by atoms with Crippen molar-refractivity contribution in [1.82, 2.24) is 0 Å². The molecule has 1 rings (SSSR count). The van der Waals surface area contributed by atoms with Crippen molar-refractivity contribution in [3.63, 3.8) is 0 Å². The molecule has 0 radical (unpaired) electrons. The zero-order chi connectivity index (χ0) is 10.4. The molecule has 0 aliphatic rings. The van der Waals surface area contributed by atoms with Gasteiger partial charge in [0.25, 0.3) is 0 Å². The van der Waals surface area contributed by atoms with Gasteiger partial charge in [-0.25, -0.2) is 4.39 Å². The van der Waals surface area contributed by atoms with Gasteiger partial charge in [-0.2, -0.15) is 0 Å². The Labute approximate surface area is 83.9 Å². The van der Waals surface area contributed by atoms with Crippen LogP contribution in [0, 0.1) is 5.82 Å². The van der Waals surface area contributed by atoms with Gasteiger partial charge < -0.3 is 10.5 Å². The van der Waals surface area contributed by atoms with Gasteiger partial charge in [-0.15, -0.1) is 0 Å². The minimum absolute atomic E-state index is 0.306. The summed E-state index contributed by atoms with van der Waals surface area (Å²) in [6, 6.07) is 4.48. The molecular weight excluding hydrogens is 181 g/mol. The van der Waals surface area contributed by atoms with E-state index in [-0.39, 0.29) is 5.82 Å². The van der Waals surface area contributed by atoms with Gasteiger partial charge in [0.1, 0.15) is 5.82 Å². The Balaban J connectivity index is 2.42. The molecule has 0 fully saturated rings. The zero-order valence-electron chi connectivity index (χ0n) is 8.42. The van der Waals surface area contributed by atoms with E-state index in [4.69, 9.17) is 10.5 Å². The second-order valence-electron chi connectivity index (χ2n) is 3.30. The molecule has 2 N–H and O–H groups in total. The number of halogens is 1. The van der Waals surface area contributed by atoms with Crippen LogP contribution in [-0.2, 0) is 11.3 Å². The normalized spacial score (nSPS) is 10.4. The molecule has 0 saturated carbocycles. The first-order valence-corrected chi connectivity index (χ1v) is 4.85. The average Bonchev–Trinajstić information content (AvgIpc) is 2.11. The third-order valence-electron chi connectivity index (χ3n) is 1.89. The zero-order valence-corrected chi connectivity index (χ0v) is 8.42. The molecule has 0 bridgehead atoms. The summed E-state index contributed by atoms with van der Waals surface area (Å²) in [5.41, 5.74) is 6.73. The summed E-state index contributed by atoms with van der Waals surface area (Å²) in [7, 11) is 0. The van der Waals surface area contributed by atoms with Crippen LogP contribution in [0.15, 0.2) is 18.2 Å². The number of hydrogen-bond donors (Lipinski definition) is 1. The Morgan fingerprint density at radius 2 is 2.14 bits per heavy atom. The highest BCUT2D eigenvalue weighted by molar-refractivity contribution is 5.41. The quantitative estimate of drug-likeness (QED) is 0.582. The van der Waals surface area contributed by atoms with Gasteiger partial charge in [0.05, 0.1) is 6.61 Å². The maximum absolute atomic E-state index is 12.9. The van der Waals surface area contributed by atoms with E-state index < -0.39 is 0 Å². The van der Waals surface area contributed by atoms with Crippen LogP contribution in [0.2, 0.25) is 0 Å². The summed E-state index contributed by atoms with van der Waals surface area (Å²) in [6.45, 7) is 3.25. The molecular formula is C11H16FNO. The second kappa shape index (κ2) is 5.60. The van der Waals surface area contributed by atoms with Crippen LogP contribution in [-0.4, -0.2) is 6.61 Å². The van der Waals surface area contributed by atoms with Crippen molar-refractivity contribution < 1.29 is 9.13 Å². The summed E-state index contributed by atoms with van der Waals surface area (Å²) in [5, 5.41) is 0. The monoisotopic (exact) mass is 197 g/mol. The number of unbranched alkanes of at least 4 members (excludes halogenated alkanes) is 1. The lowest BCUT2D eigenvalue weighted by Crippen LogP contribution is -1.97. The molecule has 1 aromatic rings. The van der Waals surface area contributed by atoms with Crippen LogP contribution in [0.5, 0.6) is 0 Å². The second-order valence-corrected chi connectivity index (χ2v) is 3.30. The lowest BCUT2D eigenvalue weighted by Gasteiger charge is -2.04. The van der Waals surface area contributed by atoms with Gasteiger partial charge in [0.15, 0.2) is 0 Å². The highest BCUT2D eigenvalue weighted by Gasteiger charge is 1.98. The van der Waals surface area contributed by atoms with E-state index in [0.717, 1.165) is 18.4 Å². The van der Waals surface area contributed by atoms with Gasteiger partial charge in [-0.05, 0) is 30.2 Å². The Hall–Kier alpha value is -1.09. The molecule has 1 aromatic carbocycles. The largest absolute Gasteiger partial charge is 0.399 e. The highest BCUT2D eigenvalue weighted by Crippen LogP contribution is 2.11. The molecule has 0 heterocycles. The van der Waals surface area contributed by atoms with Gasteiger partial charge in [-0.1, -0.05) is 13.3 Å². The van der Waals surface area contributed by atoms with E-state index in [2.05, 4.69) is 6.92 Å². The van der Waals surface area contributed by atoms with Crippen molar-refractivity contribution in [2.45, 2.75) is 26.4 Å². The van der Waals surface area contributed by atoms with E-state index in [0.29, 0.717) is 18.9 Å². The molecule has 2 nitrogen and oxygen atoms in total. The molecule has 0 unspecified atom stereocenters. The van der Waals surface area contributed by atoms with Crippen LogP contribution in [0.3, 0.4) is 0 Å². The van der Waals surface area contributed by atoms with Crippen LogP contribution >= 0.6 is 0 Å². The number of anilines is 1. The Bertz CT molecular complexity index is 268. The first-order chi connectivity index (χ1) is 6.72. The fourth-order valence-corrected chi connectivity index (χ4v) is 1.20. The maximum atomic E-state index is 12.9. The van der Waals surface area contributed by atoms with E-state index in [1.165, 1.54) is 12.1 Å². The van der Waals surface area contributed by atoms with Crippen molar-refractivity contribution in [1.29, 1.82) is 0 Å².